The minimum Gasteiger partial charge on any atom is -0.451 e. The van der Waals surface area contributed by atoms with Crippen LogP contribution in [0.2, 0.25) is 0 Å². The van der Waals surface area contributed by atoms with E-state index in [-0.39, 0.29) is 18.6 Å². The van der Waals surface area contributed by atoms with Crippen molar-refractivity contribution in [2.45, 2.75) is 44.6 Å². The second-order valence-electron chi connectivity index (χ2n) is 6.70. The number of hydrogen-bond acceptors (Lipinski definition) is 4. The van der Waals surface area contributed by atoms with Crippen LogP contribution < -0.4 is 5.32 Å². The summed E-state index contributed by atoms with van der Waals surface area (Å²) in [6.07, 6.45) is 6.30. The lowest BCUT2D eigenvalue weighted by atomic mass is 9.88. The average Bonchev–Trinajstić information content (AvgIpc) is 3.22. The second kappa shape index (κ2) is 7.00. The summed E-state index contributed by atoms with van der Waals surface area (Å²) in [5.74, 6) is -0.627. The summed E-state index contributed by atoms with van der Waals surface area (Å²) in [4.78, 5) is 26.3. The molecule has 1 aromatic heterocycles. The van der Waals surface area contributed by atoms with Crippen molar-refractivity contribution in [1.82, 2.24) is 5.32 Å². The quantitative estimate of drug-likeness (QED) is 0.853. The second-order valence-corrected chi connectivity index (χ2v) is 7.84. The van der Waals surface area contributed by atoms with Crippen molar-refractivity contribution < 1.29 is 14.3 Å². The van der Waals surface area contributed by atoms with Crippen LogP contribution in [0.1, 0.15) is 56.5 Å². The molecule has 2 aromatic rings. The molecule has 0 spiro atoms. The minimum absolute atomic E-state index is 0.0155. The molecule has 0 radical (unpaired) electrons. The van der Waals surface area contributed by atoms with Crippen LogP contribution in [0.25, 0.3) is 0 Å². The Bertz CT molecular complexity index is 790. The third-order valence-electron chi connectivity index (χ3n) is 4.99. The van der Waals surface area contributed by atoms with Gasteiger partial charge in [0, 0.05) is 4.88 Å². The molecule has 1 N–H and O–H groups in total. The van der Waals surface area contributed by atoms with E-state index >= 15 is 0 Å². The molecule has 5 heteroatoms. The smallest absolute Gasteiger partial charge is 0.348 e. The zero-order valence-corrected chi connectivity index (χ0v) is 14.9. The van der Waals surface area contributed by atoms with E-state index in [0.717, 1.165) is 32.1 Å². The van der Waals surface area contributed by atoms with E-state index in [9.17, 15) is 9.59 Å². The Morgan fingerprint density at radius 3 is 2.84 bits per heavy atom. The van der Waals surface area contributed by atoms with Crippen LogP contribution in [0, 0.1) is 0 Å². The zero-order chi connectivity index (χ0) is 17.2. The molecule has 2 aliphatic carbocycles. The van der Waals surface area contributed by atoms with E-state index in [4.69, 9.17) is 4.74 Å². The SMILES string of the molecule is O=C(COC(=O)c1cc2c(s1)CCC2)NC1CCCc2ccccc21. The number of rotatable bonds is 4. The number of fused-ring (bicyclic) bond motifs is 2. The molecule has 0 aliphatic heterocycles. The molecular weight excluding hydrogens is 334 g/mol. The van der Waals surface area contributed by atoms with Crippen LogP contribution in [0.15, 0.2) is 30.3 Å². The lowest BCUT2D eigenvalue weighted by Crippen LogP contribution is -2.34. The van der Waals surface area contributed by atoms with Gasteiger partial charge in [-0.05, 0) is 61.3 Å². The third kappa shape index (κ3) is 3.47. The summed E-state index contributed by atoms with van der Waals surface area (Å²) in [6, 6.07) is 10.1. The molecule has 4 nitrogen and oxygen atoms in total. The van der Waals surface area contributed by atoms with Gasteiger partial charge in [0.2, 0.25) is 0 Å². The Balaban J connectivity index is 1.33. The summed E-state index contributed by atoms with van der Waals surface area (Å²) in [6.45, 7) is -0.222. The monoisotopic (exact) mass is 355 g/mol. The molecule has 0 saturated heterocycles. The number of hydrogen-bond donors (Lipinski definition) is 1. The van der Waals surface area contributed by atoms with Crippen LogP contribution in [0.4, 0.5) is 0 Å². The molecule has 4 rings (SSSR count). The topological polar surface area (TPSA) is 55.4 Å². The highest BCUT2D eigenvalue weighted by atomic mass is 32.1. The maximum Gasteiger partial charge on any atom is 0.348 e. The van der Waals surface area contributed by atoms with E-state index in [1.54, 1.807) is 0 Å². The van der Waals surface area contributed by atoms with Crippen molar-refractivity contribution in [3.8, 4) is 0 Å². The van der Waals surface area contributed by atoms with Gasteiger partial charge in [0.15, 0.2) is 6.61 Å². The molecular formula is C20H21NO3S. The first kappa shape index (κ1) is 16.3. The third-order valence-corrected chi connectivity index (χ3v) is 6.20. The summed E-state index contributed by atoms with van der Waals surface area (Å²) in [5.41, 5.74) is 3.74. The highest BCUT2D eigenvalue weighted by Crippen LogP contribution is 2.31. The number of carbonyl (C=O) groups excluding carboxylic acids is 2. The van der Waals surface area contributed by atoms with Gasteiger partial charge in [0.05, 0.1) is 6.04 Å². The molecule has 1 atom stereocenters. The predicted molar refractivity (Wildman–Crippen MR) is 96.9 cm³/mol. The standard InChI is InChI=1S/C20H21NO3S/c22-19(21-16-9-3-6-13-5-1-2-8-15(13)16)12-24-20(23)18-11-14-7-4-10-17(14)25-18/h1-2,5,8,11,16H,3-4,6-7,9-10,12H2,(H,21,22). The first-order valence-electron chi connectivity index (χ1n) is 8.86. The Labute approximate surface area is 151 Å². The fourth-order valence-electron chi connectivity index (χ4n) is 3.77. The molecule has 130 valence electrons. The van der Waals surface area contributed by atoms with E-state index < -0.39 is 5.97 Å². The highest BCUT2D eigenvalue weighted by Gasteiger charge is 2.23. The number of nitrogens with one attached hydrogen (secondary N) is 1. The molecule has 1 unspecified atom stereocenters. The van der Waals surface area contributed by atoms with Gasteiger partial charge in [-0.1, -0.05) is 24.3 Å². The van der Waals surface area contributed by atoms with E-state index in [0.29, 0.717) is 4.88 Å². The maximum absolute atomic E-state index is 12.2. The number of amides is 1. The lowest BCUT2D eigenvalue weighted by Gasteiger charge is -2.26. The molecule has 2 aliphatic rings. The van der Waals surface area contributed by atoms with Gasteiger partial charge in [-0.3, -0.25) is 4.79 Å². The minimum atomic E-state index is -0.390. The van der Waals surface area contributed by atoms with Crippen molar-refractivity contribution in [1.29, 1.82) is 0 Å². The van der Waals surface area contributed by atoms with Gasteiger partial charge in [-0.15, -0.1) is 11.3 Å². The highest BCUT2D eigenvalue weighted by molar-refractivity contribution is 7.14. The first-order chi connectivity index (χ1) is 12.2. The number of benzene rings is 1. The van der Waals surface area contributed by atoms with E-state index in [1.807, 2.05) is 18.2 Å². The van der Waals surface area contributed by atoms with Crippen molar-refractivity contribution in [2.75, 3.05) is 6.61 Å². The number of esters is 1. The largest absolute Gasteiger partial charge is 0.451 e. The van der Waals surface area contributed by atoms with Gasteiger partial charge in [-0.2, -0.15) is 0 Å². The van der Waals surface area contributed by atoms with Crippen molar-refractivity contribution in [2.24, 2.45) is 0 Å². The summed E-state index contributed by atoms with van der Waals surface area (Å²) < 4.78 is 5.22. The Morgan fingerprint density at radius 2 is 1.96 bits per heavy atom. The molecule has 0 saturated carbocycles. The number of ether oxygens (including phenoxy) is 1. The fourth-order valence-corrected chi connectivity index (χ4v) is 4.92. The van der Waals surface area contributed by atoms with Crippen LogP contribution >= 0.6 is 11.3 Å². The molecule has 0 bridgehead atoms. The normalized spacial score (nSPS) is 18.3. The summed E-state index contributed by atoms with van der Waals surface area (Å²) in [7, 11) is 0. The predicted octanol–water partition coefficient (Wildman–Crippen LogP) is 3.59. The summed E-state index contributed by atoms with van der Waals surface area (Å²) in [5, 5.41) is 3.01. The number of thiophene rings is 1. The van der Waals surface area contributed by atoms with Crippen molar-refractivity contribution >= 4 is 23.2 Å². The van der Waals surface area contributed by atoms with Crippen LogP contribution in [-0.4, -0.2) is 18.5 Å². The fraction of sp³-hybridized carbons (Fsp3) is 0.400. The molecule has 1 aromatic carbocycles. The van der Waals surface area contributed by atoms with Gasteiger partial charge in [0.1, 0.15) is 4.88 Å². The zero-order valence-electron chi connectivity index (χ0n) is 14.0. The van der Waals surface area contributed by atoms with Crippen LogP contribution in [0.5, 0.6) is 0 Å². The van der Waals surface area contributed by atoms with Crippen LogP contribution in [0.3, 0.4) is 0 Å². The van der Waals surface area contributed by atoms with Gasteiger partial charge in [-0.25, -0.2) is 4.79 Å². The Kier molecular flexibility index (Phi) is 4.57. The number of aryl methyl sites for hydroxylation is 3. The number of carbonyl (C=O) groups is 2. The van der Waals surface area contributed by atoms with Gasteiger partial charge < -0.3 is 10.1 Å². The molecule has 1 heterocycles. The van der Waals surface area contributed by atoms with Gasteiger partial charge >= 0.3 is 5.97 Å². The maximum atomic E-state index is 12.2. The lowest BCUT2D eigenvalue weighted by molar-refractivity contribution is -0.125. The molecule has 0 fully saturated rings. The van der Waals surface area contributed by atoms with E-state index in [1.165, 1.54) is 39.3 Å². The van der Waals surface area contributed by atoms with Crippen molar-refractivity contribution in [3.05, 3.63) is 56.8 Å². The Morgan fingerprint density at radius 1 is 1.12 bits per heavy atom. The van der Waals surface area contributed by atoms with Crippen molar-refractivity contribution in [3.63, 3.8) is 0 Å². The van der Waals surface area contributed by atoms with Crippen LogP contribution in [-0.2, 0) is 28.8 Å². The molecule has 25 heavy (non-hydrogen) atoms. The van der Waals surface area contributed by atoms with E-state index in [2.05, 4.69) is 17.4 Å². The first-order valence-corrected chi connectivity index (χ1v) is 9.68. The Hall–Kier alpha value is -2.14. The summed E-state index contributed by atoms with van der Waals surface area (Å²) >= 11 is 1.50. The molecule has 1 amide bonds. The van der Waals surface area contributed by atoms with Gasteiger partial charge in [0.25, 0.3) is 5.91 Å². The average molecular weight is 355 g/mol.